The van der Waals surface area contributed by atoms with Crippen LogP contribution < -0.4 is 14.8 Å². The average molecular weight is 363 g/mol. The number of piperazine rings is 1. The number of alkyl halides is 2. The van der Waals surface area contributed by atoms with E-state index in [0.29, 0.717) is 5.92 Å². The predicted octanol–water partition coefficient (Wildman–Crippen LogP) is 3.81. The van der Waals surface area contributed by atoms with Crippen LogP contribution in [0.25, 0.3) is 0 Å². The van der Waals surface area contributed by atoms with Crippen LogP contribution >= 0.6 is 12.4 Å². The number of halogens is 3. The molecule has 1 fully saturated rings. The van der Waals surface area contributed by atoms with E-state index in [2.05, 4.69) is 28.8 Å². The van der Waals surface area contributed by atoms with Gasteiger partial charge in [-0.05, 0) is 18.4 Å². The van der Waals surface area contributed by atoms with E-state index in [1.54, 1.807) is 12.1 Å². The molecule has 1 aromatic rings. The van der Waals surface area contributed by atoms with E-state index in [-0.39, 0.29) is 29.9 Å². The van der Waals surface area contributed by atoms with E-state index in [0.717, 1.165) is 44.6 Å². The highest BCUT2D eigenvalue weighted by Crippen LogP contribution is 2.48. The fraction of sp³-hybridized carbons (Fsp3) is 0.647. The lowest BCUT2D eigenvalue weighted by Gasteiger charge is -2.39. The Labute approximate surface area is 147 Å². The van der Waals surface area contributed by atoms with Gasteiger partial charge in [-0.15, -0.1) is 21.2 Å². The van der Waals surface area contributed by atoms with Crippen LogP contribution in [-0.4, -0.2) is 37.4 Å². The summed E-state index contributed by atoms with van der Waals surface area (Å²) in [6, 6.07) is 5.26. The molecule has 24 heavy (non-hydrogen) atoms. The number of hydrogen-bond acceptors (Lipinski definition) is 4. The Morgan fingerprint density at radius 2 is 1.96 bits per heavy atom. The van der Waals surface area contributed by atoms with Crippen LogP contribution in [-0.2, 0) is 0 Å². The second-order valence-electron chi connectivity index (χ2n) is 6.34. The molecule has 0 saturated carbocycles. The molecule has 0 bridgehead atoms. The van der Waals surface area contributed by atoms with Gasteiger partial charge in [-0.1, -0.05) is 32.4 Å². The molecule has 0 aliphatic carbocycles. The largest absolute Gasteiger partial charge is 0.586 e. The zero-order chi connectivity index (χ0) is 16.4. The van der Waals surface area contributed by atoms with Crippen molar-refractivity contribution in [1.82, 2.24) is 10.2 Å². The molecule has 2 aliphatic rings. The number of benzene rings is 1. The van der Waals surface area contributed by atoms with Crippen LogP contribution in [0.4, 0.5) is 8.78 Å². The molecule has 1 aromatic carbocycles. The minimum atomic E-state index is -3.57. The Balaban J connectivity index is 0.00000208. The van der Waals surface area contributed by atoms with Crippen molar-refractivity contribution in [2.24, 2.45) is 5.92 Å². The molecule has 136 valence electrons. The second kappa shape index (κ2) is 7.85. The van der Waals surface area contributed by atoms with E-state index in [1.807, 2.05) is 6.07 Å². The van der Waals surface area contributed by atoms with Crippen molar-refractivity contribution in [3.05, 3.63) is 23.8 Å². The molecule has 0 radical (unpaired) electrons. The van der Waals surface area contributed by atoms with Crippen molar-refractivity contribution >= 4 is 12.4 Å². The predicted molar refractivity (Wildman–Crippen MR) is 91.1 cm³/mol. The van der Waals surface area contributed by atoms with Crippen molar-refractivity contribution in [2.45, 2.75) is 39.0 Å². The molecule has 1 unspecified atom stereocenters. The zero-order valence-corrected chi connectivity index (χ0v) is 14.9. The number of ether oxygens (including phenoxy) is 2. The van der Waals surface area contributed by atoms with Gasteiger partial charge < -0.3 is 14.8 Å². The molecule has 2 atom stereocenters. The Morgan fingerprint density at radius 3 is 2.62 bits per heavy atom. The summed E-state index contributed by atoms with van der Waals surface area (Å²) < 4.78 is 36.5. The monoisotopic (exact) mass is 362 g/mol. The molecular formula is C17H25ClF2N2O2. The Morgan fingerprint density at radius 1 is 1.25 bits per heavy atom. The van der Waals surface area contributed by atoms with E-state index < -0.39 is 6.29 Å². The normalized spacial score (nSPS) is 21.8. The maximum absolute atomic E-state index is 13.5. The molecule has 2 aliphatic heterocycles. The highest BCUT2D eigenvalue weighted by Gasteiger charge is 2.46. The van der Waals surface area contributed by atoms with Gasteiger partial charge in [-0.25, -0.2) is 0 Å². The first-order valence-corrected chi connectivity index (χ1v) is 8.35. The number of nitrogens with one attached hydrogen (secondary N) is 1. The fourth-order valence-corrected chi connectivity index (χ4v) is 3.66. The smallest absolute Gasteiger partial charge is 0.395 e. The maximum atomic E-state index is 13.5. The first kappa shape index (κ1) is 19.2. The van der Waals surface area contributed by atoms with Crippen LogP contribution in [0.15, 0.2) is 18.2 Å². The van der Waals surface area contributed by atoms with Gasteiger partial charge in [0.1, 0.15) is 0 Å². The zero-order valence-electron chi connectivity index (χ0n) is 14.1. The second-order valence-corrected chi connectivity index (χ2v) is 6.34. The van der Waals surface area contributed by atoms with Gasteiger partial charge >= 0.3 is 6.29 Å². The quantitative estimate of drug-likeness (QED) is 0.863. The SMILES string of the molecule is CCCC(C)[C@H](c1cccc2c1OC(F)(F)O2)N1CCNCC1.Cl. The number of para-hydroxylation sites is 1. The third kappa shape index (κ3) is 3.92. The molecule has 7 heteroatoms. The van der Waals surface area contributed by atoms with Crippen LogP contribution in [0.3, 0.4) is 0 Å². The molecule has 2 heterocycles. The first-order chi connectivity index (χ1) is 11.0. The minimum Gasteiger partial charge on any atom is -0.395 e. The number of hydrogen-bond donors (Lipinski definition) is 1. The topological polar surface area (TPSA) is 33.7 Å². The summed E-state index contributed by atoms with van der Waals surface area (Å²) in [5, 5.41) is 3.34. The molecule has 1 N–H and O–H groups in total. The lowest BCUT2D eigenvalue weighted by Crippen LogP contribution is -2.46. The molecule has 0 aromatic heterocycles. The van der Waals surface area contributed by atoms with E-state index in [4.69, 9.17) is 4.74 Å². The minimum absolute atomic E-state index is 0. The molecule has 4 nitrogen and oxygen atoms in total. The third-order valence-corrected chi connectivity index (χ3v) is 4.61. The molecule has 0 spiro atoms. The van der Waals surface area contributed by atoms with Crippen molar-refractivity contribution in [3.63, 3.8) is 0 Å². The van der Waals surface area contributed by atoms with Crippen molar-refractivity contribution in [3.8, 4) is 11.5 Å². The van der Waals surface area contributed by atoms with Crippen LogP contribution in [0, 0.1) is 5.92 Å². The number of nitrogens with zero attached hydrogens (tertiary/aromatic N) is 1. The van der Waals surface area contributed by atoms with Gasteiger partial charge in [0.2, 0.25) is 0 Å². The van der Waals surface area contributed by atoms with Crippen LogP contribution in [0.2, 0.25) is 0 Å². The first-order valence-electron chi connectivity index (χ1n) is 8.35. The Hall–Kier alpha value is -1.11. The lowest BCUT2D eigenvalue weighted by atomic mass is 9.88. The van der Waals surface area contributed by atoms with Crippen molar-refractivity contribution < 1.29 is 18.3 Å². The molecule has 1 saturated heterocycles. The molecule has 0 amide bonds. The summed E-state index contributed by atoms with van der Waals surface area (Å²) in [6.45, 7) is 7.97. The molecule has 3 rings (SSSR count). The standard InChI is InChI=1S/C17H24F2N2O2.ClH/c1-3-5-12(2)15(21-10-8-20-9-11-21)13-6-4-7-14-16(13)23-17(18,19)22-14;/h4,6-7,12,15,20H,3,5,8-11H2,1-2H3;1H/t12?,15-;/m1./s1. The maximum Gasteiger partial charge on any atom is 0.586 e. The Kier molecular flexibility index (Phi) is 6.28. The summed E-state index contributed by atoms with van der Waals surface area (Å²) in [5.41, 5.74) is 0.808. The summed E-state index contributed by atoms with van der Waals surface area (Å²) in [5.74, 6) is 0.683. The van der Waals surface area contributed by atoms with Gasteiger partial charge in [0.25, 0.3) is 0 Å². The van der Waals surface area contributed by atoms with Gasteiger partial charge in [0.05, 0.1) is 0 Å². The van der Waals surface area contributed by atoms with Crippen LogP contribution in [0.5, 0.6) is 11.5 Å². The van der Waals surface area contributed by atoms with E-state index in [1.165, 1.54) is 0 Å². The van der Waals surface area contributed by atoms with Gasteiger partial charge in [-0.2, -0.15) is 0 Å². The van der Waals surface area contributed by atoms with E-state index in [9.17, 15) is 8.78 Å². The third-order valence-electron chi connectivity index (χ3n) is 4.61. The fourth-order valence-electron chi connectivity index (χ4n) is 3.66. The summed E-state index contributed by atoms with van der Waals surface area (Å²) in [7, 11) is 0. The van der Waals surface area contributed by atoms with Gasteiger partial charge in [-0.3, -0.25) is 4.90 Å². The van der Waals surface area contributed by atoms with Gasteiger partial charge in [0.15, 0.2) is 11.5 Å². The van der Waals surface area contributed by atoms with Crippen molar-refractivity contribution in [2.75, 3.05) is 26.2 Å². The summed E-state index contributed by atoms with van der Waals surface area (Å²) in [6.07, 6.45) is -1.47. The van der Waals surface area contributed by atoms with Gasteiger partial charge in [0, 0.05) is 37.8 Å². The van der Waals surface area contributed by atoms with E-state index >= 15 is 0 Å². The Bertz CT molecular complexity index is 553. The number of rotatable bonds is 5. The molecular weight excluding hydrogens is 338 g/mol. The summed E-state index contributed by atoms with van der Waals surface area (Å²) >= 11 is 0. The highest BCUT2D eigenvalue weighted by molar-refractivity contribution is 5.85. The van der Waals surface area contributed by atoms with Crippen LogP contribution in [0.1, 0.15) is 38.3 Å². The number of fused-ring (bicyclic) bond motifs is 1. The summed E-state index contributed by atoms with van der Waals surface area (Å²) in [4.78, 5) is 2.37. The lowest BCUT2D eigenvalue weighted by molar-refractivity contribution is -0.287. The average Bonchev–Trinajstić information content (AvgIpc) is 2.84. The van der Waals surface area contributed by atoms with Crippen molar-refractivity contribution in [1.29, 1.82) is 0 Å². The highest BCUT2D eigenvalue weighted by atomic mass is 35.5.